The molecule has 3 amide bonds. The number of benzene rings is 2. The van der Waals surface area contributed by atoms with Gasteiger partial charge in [-0.25, -0.2) is 0 Å². The van der Waals surface area contributed by atoms with E-state index in [0.717, 1.165) is 0 Å². The number of nitrogens with zero attached hydrogens (tertiary/aromatic N) is 1. The molecule has 0 radical (unpaired) electrons. The van der Waals surface area contributed by atoms with Crippen molar-refractivity contribution in [2.24, 2.45) is 0 Å². The molecule has 2 aromatic carbocycles. The van der Waals surface area contributed by atoms with E-state index in [0.29, 0.717) is 22.7 Å². The van der Waals surface area contributed by atoms with Gasteiger partial charge in [0.2, 0.25) is 5.91 Å². The molecule has 0 saturated heterocycles. The highest BCUT2D eigenvalue weighted by Gasteiger charge is 2.39. The first-order valence-corrected chi connectivity index (χ1v) is 10.3. The number of ether oxygens (including phenoxy) is 2. The Morgan fingerprint density at radius 3 is 2.16 bits per heavy atom. The summed E-state index contributed by atoms with van der Waals surface area (Å²) in [5, 5.41) is 5.79. The summed E-state index contributed by atoms with van der Waals surface area (Å²) in [4.78, 5) is 38.9. The second-order valence-electron chi connectivity index (χ2n) is 7.54. The lowest BCUT2D eigenvalue weighted by Crippen LogP contribution is -2.35. The number of rotatable bonds is 9. The molecule has 1 aliphatic rings. The summed E-state index contributed by atoms with van der Waals surface area (Å²) in [5.41, 5.74) is 2.28. The monoisotopic (exact) mass is 437 g/mol. The molecule has 0 fully saturated rings. The van der Waals surface area contributed by atoms with Crippen LogP contribution in [0, 0.1) is 0 Å². The van der Waals surface area contributed by atoms with E-state index in [1.54, 1.807) is 55.6 Å². The van der Waals surface area contributed by atoms with Gasteiger partial charge >= 0.3 is 0 Å². The number of nitrogens with one attached hydrogen (secondary N) is 2. The predicted octanol–water partition coefficient (Wildman–Crippen LogP) is 3.27. The van der Waals surface area contributed by atoms with Gasteiger partial charge in [-0.2, -0.15) is 0 Å². The smallest absolute Gasteiger partial charge is 0.278 e. The van der Waals surface area contributed by atoms with E-state index in [1.807, 2.05) is 13.8 Å². The fourth-order valence-corrected chi connectivity index (χ4v) is 3.28. The van der Waals surface area contributed by atoms with Crippen molar-refractivity contribution in [3.05, 3.63) is 59.8 Å². The molecule has 3 rings (SSSR count). The van der Waals surface area contributed by atoms with Gasteiger partial charge in [0.25, 0.3) is 11.8 Å². The fraction of sp³-hybridized carbons (Fsp3) is 0.292. The highest BCUT2D eigenvalue weighted by Crippen LogP contribution is 2.31. The van der Waals surface area contributed by atoms with Gasteiger partial charge in [-0.15, -0.1) is 0 Å². The van der Waals surface area contributed by atoms with Crippen molar-refractivity contribution in [2.45, 2.75) is 26.9 Å². The fourth-order valence-electron chi connectivity index (χ4n) is 3.28. The number of hydrogen-bond donors (Lipinski definition) is 2. The van der Waals surface area contributed by atoms with Gasteiger partial charge in [-0.05, 0) is 55.8 Å². The first-order chi connectivity index (χ1) is 15.3. The van der Waals surface area contributed by atoms with E-state index in [1.165, 1.54) is 11.8 Å². The third kappa shape index (κ3) is 5.33. The molecule has 1 aliphatic heterocycles. The first-order valence-electron chi connectivity index (χ1n) is 10.3. The lowest BCUT2D eigenvalue weighted by Gasteiger charge is -2.16. The Kier molecular flexibility index (Phi) is 7.27. The molecule has 0 atom stereocenters. The van der Waals surface area contributed by atoms with Crippen LogP contribution in [0.1, 0.15) is 26.3 Å². The van der Waals surface area contributed by atoms with Gasteiger partial charge in [0.15, 0.2) is 0 Å². The van der Waals surface area contributed by atoms with Gasteiger partial charge in [-0.1, -0.05) is 12.1 Å². The Hall–Kier alpha value is -3.65. The standard InChI is InChI=1S/C24H27N3O5/c1-15(2)32-14-13-27-23(29)21(17-5-7-18(8-6-17)25-16(3)28)22(24(27)30)26-19-9-11-20(31-4)12-10-19/h5-12,15,26H,13-14H2,1-4H3,(H,25,28). The Balaban J connectivity index is 1.93. The third-order valence-corrected chi connectivity index (χ3v) is 4.79. The Labute approximate surface area is 187 Å². The minimum atomic E-state index is -0.417. The van der Waals surface area contributed by atoms with Crippen molar-refractivity contribution < 1.29 is 23.9 Å². The van der Waals surface area contributed by atoms with Crippen molar-refractivity contribution in [3.63, 3.8) is 0 Å². The normalized spacial score (nSPS) is 13.7. The molecular formula is C24H27N3O5. The summed E-state index contributed by atoms with van der Waals surface area (Å²) in [6.07, 6.45) is -0.00606. The Morgan fingerprint density at radius 2 is 1.59 bits per heavy atom. The van der Waals surface area contributed by atoms with Crippen molar-refractivity contribution in [1.82, 2.24) is 4.90 Å². The summed E-state index contributed by atoms with van der Waals surface area (Å²) in [6, 6.07) is 13.9. The van der Waals surface area contributed by atoms with Crippen molar-refractivity contribution in [3.8, 4) is 5.75 Å². The van der Waals surface area contributed by atoms with Crippen LogP contribution in [0.4, 0.5) is 11.4 Å². The minimum Gasteiger partial charge on any atom is -0.497 e. The molecule has 32 heavy (non-hydrogen) atoms. The average Bonchev–Trinajstić information content (AvgIpc) is 2.98. The molecule has 0 bridgehead atoms. The van der Waals surface area contributed by atoms with Gasteiger partial charge < -0.3 is 20.1 Å². The van der Waals surface area contributed by atoms with Crippen LogP contribution in [0.25, 0.3) is 5.57 Å². The van der Waals surface area contributed by atoms with E-state index in [4.69, 9.17) is 9.47 Å². The number of carbonyl (C=O) groups is 3. The highest BCUT2D eigenvalue weighted by molar-refractivity contribution is 6.36. The lowest BCUT2D eigenvalue weighted by atomic mass is 10.0. The molecule has 0 aliphatic carbocycles. The van der Waals surface area contributed by atoms with Crippen LogP contribution in [-0.4, -0.2) is 49.0 Å². The van der Waals surface area contributed by atoms with E-state index < -0.39 is 11.8 Å². The van der Waals surface area contributed by atoms with Crippen molar-refractivity contribution >= 4 is 34.7 Å². The molecule has 0 unspecified atom stereocenters. The zero-order chi connectivity index (χ0) is 23.3. The maximum absolute atomic E-state index is 13.2. The van der Waals surface area contributed by atoms with Gasteiger partial charge in [0.1, 0.15) is 11.4 Å². The summed E-state index contributed by atoms with van der Waals surface area (Å²) < 4.78 is 10.7. The van der Waals surface area contributed by atoms with E-state index in [2.05, 4.69) is 10.6 Å². The molecule has 0 saturated carbocycles. The summed E-state index contributed by atoms with van der Waals surface area (Å²) in [6.45, 7) is 5.61. The summed E-state index contributed by atoms with van der Waals surface area (Å²) >= 11 is 0. The summed E-state index contributed by atoms with van der Waals surface area (Å²) in [7, 11) is 1.57. The second-order valence-corrected chi connectivity index (χ2v) is 7.54. The van der Waals surface area contributed by atoms with Crippen LogP contribution in [0.2, 0.25) is 0 Å². The highest BCUT2D eigenvalue weighted by atomic mass is 16.5. The number of anilines is 2. The van der Waals surface area contributed by atoms with Gasteiger partial charge in [0.05, 0.1) is 31.9 Å². The molecule has 2 aromatic rings. The maximum atomic E-state index is 13.2. The number of carbonyl (C=O) groups excluding carboxylic acids is 3. The van der Waals surface area contributed by atoms with E-state index in [-0.39, 0.29) is 36.4 Å². The Morgan fingerprint density at radius 1 is 0.969 bits per heavy atom. The summed E-state index contributed by atoms with van der Waals surface area (Å²) in [5.74, 6) is -0.327. The maximum Gasteiger partial charge on any atom is 0.278 e. The number of imide groups is 1. The molecule has 8 nitrogen and oxygen atoms in total. The minimum absolute atomic E-state index is 0.00606. The largest absolute Gasteiger partial charge is 0.497 e. The number of hydrogen-bond acceptors (Lipinski definition) is 6. The SMILES string of the molecule is COc1ccc(NC2=C(c3ccc(NC(C)=O)cc3)C(=O)N(CCOC(C)C)C2=O)cc1. The van der Waals surface area contributed by atoms with Gasteiger partial charge in [0, 0.05) is 18.3 Å². The van der Waals surface area contributed by atoms with Gasteiger partial charge in [-0.3, -0.25) is 19.3 Å². The van der Waals surface area contributed by atoms with Crippen LogP contribution < -0.4 is 15.4 Å². The quantitative estimate of drug-likeness (QED) is 0.585. The van der Waals surface area contributed by atoms with E-state index in [9.17, 15) is 14.4 Å². The zero-order valence-corrected chi connectivity index (χ0v) is 18.6. The number of methoxy groups -OCH3 is 1. The van der Waals surface area contributed by atoms with Crippen molar-refractivity contribution in [2.75, 3.05) is 30.9 Å². The van der Waals surface area contributed by atoms with Crippen LogP contribution in [0.15, 0.2) is 54.2 Å². The molecule has 8 heteroatoms. The zero-order valence-electron chi connectivity index (χ0n) is 18.6. The predicted molar refractivity (Wildman–Crippen MR) is 122 cm³/mol. The first kappa shape index (κ1) is 23.0. The van der Waals surface area contributed by atoms with Crippen molar-refractivity contribution in [1.29, 1.82) is 0 Å². The topological polar surface area (TPSA) is 97.0 Å². The van der Waals surface area contributed by atoms with Crippen LogP contribution in [0.5, 0.6) is 5.75 Å². The van der Waals surface area contributed by atoms with Crippen LogP contribution in [-0.2, 0) is 19.1 Å². The molecule has 1 heterocycles. The second kappa shape index (κ2) is 10.1. The van der Waals surface area contributed by atoms with Crippen LogP contribution >= 0.6 is 0 Å². The lowest BCUT2D eigenvalue weighted by molar-refractivity contribution is -0.138. The molecular weight excluding hydrogens is 410 g/mol. The van der Waals surface area contributed by atoms with E-state index >= 15 is 0 Å². The molecule has 0 aromatic heterocycles. The molecule has 168 valence electrons. The average molecular weight is 437 g/mol. The molecule has 2 N–H and O–H groups in total. The Bertz CT molecular complexity index is 1030. The van der Waals surface area contributed by atoms with Crippen LogP contribution in [0.3, 0.4) is 0 Å². The number of amides is 3. The molecule has 0 spiro atoms. The third-order valence-electron chi connectivity index (χ3n) is 4.79.